The summed E-state index contributed by atoms with van der Waals surface area (Å²) >= 11 is 1.57. The molecule has 3 aromatic rings. The highest BCUT2D eigenvalue weighted by molar-refractivity contribution is 7.99. The molecular formula is C50H73N3O7S. The van der Waals surface area contributed by atoms with E-state index in [9.17, 15) is 24.3 Å². The smallest absolute Gasteiger partial charge is 0.408 e. The minimum atomic E-state index is -1.24. The van der Waals surface area contributed by atoms with Gasteiger partial charge in [0.05, 0.1) is 0 Å². The van der Waals surface area contributed by atoms with Crippen molar-refractivity contribution in [3.8, 4) is 0 Å². The normalized spacial score (nSPS) is 12.6. The first-order valence-electron chi connectivity index (χ1n) is 22.9. The Balaban J connectivity index is 1.55. The molecule has 336 valence electrons. The van der Waals surface area contributed by atoms with E-state index in [2.05, 4.69) is 12.2 Å². The number of alkyl carbamates (subject to hydrolysis) is 1. The van der Waals surface area contributed by atoms with Crippen molar-refractivity contribution in [2.24, 2.45) is 5.73 Å². The van der Waals surface area contributed by atoms with Gasteiger partial charge in [0.1, 0.15) is 31.3 Å². The van der Waals surface area contributed by atoms with Gasteiger partial charge < -0.3 is 30.5 Å². The highest BCUT2D eigenvalue weighted by Crippen LogP contribution is 2.20. The lowest BCUT2D eigenvalue weighted by Crippen LogP contribution is -2.54. The van der Waals surface area contributed by atoms with E-state index in [1.807, 2.05) is 91.0 Å². The third kappa shape index (κ3) is 22.9. The number of aliphatic carboxylic acids is 1. The van der Waals surface area contributed by atoms with Gasteiger partial charge in [-0.2, -0.15) is 11.8 Å². The van der Waals surface area contributed by atoms with Crippen LogP contribution in [0.25, 0.3) is 0 Å². The second-order valence-electron chi connectivity index (χ2n) is 16.1. The highest BCUT2D eigenvalue weighted by Gasteiger charge is 2.35. The van der Waals surface area contributed by atoms with E-state index in [0.29, 0.717) is 0 Å². The van der Waals surface area contributed by atoms with Gasteiger partial charge in [-0.1, -0.05) is 194 Å². The number of ether oxygens (including phenoxy) is 2. The number of carbonyl (C=O) groups excluding carboxylic acids is 3. The molecule has 3 atom stereocenters. The summed E-state index contributed by atoms with van der Waals surface area (Å²) in [5.41, 5.74) is 8.55. The minimum absolute atomic E-state index is 0.0167. The van der Waals surface area contributed by atoms with Crippen molar-refractivity contribution in [3.63, 3.8) is 0 Å². The number of esters is 1. The molecule has 0 heterocycles. The Kier molecular flexibility index (Phi) is 27.1. The number of thioether (sulfide) groups is 1. The zero-order chi connectivity index (χ0) is 43.8. The van der Waals surface area contributed by atoms with E-state index in [1.165, 1.54) is 94.8 Å². The standard InChI is InChI=1S/C50H73N3O7S/c1-2-3-4-5-6-7-8-9-10-11-12-13-14-15-16-26-36-61-40-45(52-50(58)60-39-43-32-24-19-25-33-43)47(54)53(37-41-28-20-17-21-29-41)46(48(55)56)35-27-34-44(51)49(57)59-38-42-30-22-18-23-31-42/h17-25,28-33,44-46H,2-16,26-27,34-40,51H2,1H3,(H,52,58)(H,55,56)/t44?,45-,46+/m1/s1. The Hall–Kier alpha value is -4.35. The summed E-state index contributed by atoms with van der Waals surface area (Å²) in [5.74, 6) is -1.21. The average Bonchev–Trinajstić information content (AvgIpc) is 3.28. The topological polar surface area (TPSA) is 148 Å². The van der Waals surface area contributed by atoms with Gasteiger partial charge in [0.25, 0.3) is 0 Å². The molecule has 4 N–H and O–H groups in total. The summed E-state index contributed by atoms with van der Waals surface area (Å²) in [6, 6.07) is 24.5. The first kappa shape index (κ1) is 51.0. The molecule has 0 aliphatic heterocycles. The molecule has 0 aliphatic carbocycles. The fourth-order valence-corrected chi connectivity index (χ4v) is 8.29. The maximum atomic E-state index is 14.5. The van der Waals surface area contributed by atoms with E-state index in [0.717, 1.165) is 35.3 Å². The second-order valence-corrected chi connectivity index (χ2v) is 17.2. The summed E-state index contributed by atoms with van der Waals surface area (Å²) in [5, 5.41) is 13.3. The van der Waals surface area contributed by atoms with E-state index >= 15 is 0 Å². The second kappa shape index (κ2) is 32.4. The maximum absolute atomic E-state index is 14.5. The molecule has 10 nitrogen and oxygen atoms in total. The first-order chi connectivity index (χ1) is 29.8. The van der Waals surface area contributed by atoms with Crippen molar-refractivity contribution < 1.29 is 33.8 Å². The van der Waals surface area contributed by atoms with Gasteiger partial charge in [-0.3, -0.25) is 9.59 Å². The first-order valence-corrected chi connectivity index (χ1v) is 24.0. The summed E-state index contributed by atoms with van der Waals surface area (Å²) in [7, 11) is 0. The van der Waals surface area contributed by atoms with Crippen LogP contribution < -0.4 is 11.1 Å². The van der Waals surface area contributed by atoms with Crippen LogP contribution in [0, 0.1) is 0 Å². The molecule has 61 heavy (non-hydrogen) atoms. The highest BCUT2D eigenvalue weighted by atomic mass is 32.2. The van der Waals surface area contributed by atoms with Gasteiger partial charge in [0, 0.05) is 12.3 Å². The van der Waals surface area contributed by atoms with Crippen molar-refractivity contribution >= 4 is 35.7 Å². The molecular weight excluding hydrogens is 787 g/mol. The molecule has 0 radical (unpaired) electrons. The number of carboxylic acids is 1. The number of hydrogen-bond acceptors (Lipinski definition) is 8. The predicted octanol–water partition coefficient (Wildman–Crippen LogP) is 11.0. The SMILES string of the molecule is CCCCCCCCCCCCCCCCCCSC[C@@H](NC(=O)OCc1ccccc1)C(=O)N(Cc1ccccc1)[C@@H](CCCC(N)C(=O)OCc1ccccc1)C(=O)O. The van der Waals surface area contributed by atoms with Gasteiger partial charge in [-0.05, 0) is 48.1 Å². The Morgan fingerprint density at radius 2 is 1.08 bits per heavy atom. The fourth-order valence-electron chi connectivity index (χ4n) is 7.25. The molecule has 0 bridgehead atoms. The number of nitrogens with zero attached hydrogens (tertiary/aromatic N) is 1. The zero-order valence-corrected chi connectivity index (χ0v) is 37.5. The zero-order valence-electron chi connectivity index (χ0n) is 36.7. The van der Waals surface area contributed by atoms with Gasteiger partial charge in [0.2, 0.25) is 5.91 Å². The Morgan fingerprint density at radius 3 is 1.57 bits per heavy atom. The Morgan fingerprint density at radius 1 is 0.623 bits per heavy atom. The van der Waals surface area contributed by atoms with Crippen LogP contribution in [0.1, 0.15) is 146 Å². The van der Waals surface area contributed by atoms with Crippen molar-refractivity contribution in [1.82, 2.24) is 10.2 Å². The lowest BCUT2D eigenvalue weighted by molar-refractivity contribution is -0.152. The molecule has 0 aromatic heterocycles. The van der Waals surface area contributed by atoms with Crippen LogP contribution in [0.15, 0.2) is 91.0 Å². The molecule has 3 rings (SSSR count). The summed E-state index contributed by atoms with van der Waals surface area (Å²) in [6.07, 6.45) is 20.4. The lowest BCUT2D eigenvalue weighted by atomic mass is 10.0. The van der Waals surface area contributed by atoms with Gasteiger partial charge in [0.15, 0.2) is 0 Å². The largest absolute Gasteiger partial charge is 0.480 e. The third-order valence-electron chi connectivity index (χ3n) is 10.9. The van der Waals surface area contributed by atoms with Crippen LogP contribution in [-0.2, 0) is 43.6 Å². The predicted molar refractivity (Wildman–Crippen MR) is 247 cm³/mol. The summed E-state index contributed by atoms with van der Waals surface area (Å²) in [4.78, 5) is 54.6. The number of nitrogens with two attached hydrogens (primary N) is 1. The van der Waals surface area contributed by atoms with Crippen LogP contribution >= 0.6 is 11.8 Å². The molecule has 0 saturated carbocycles. The molecule has 0 aliphatic rings. The Labute approximate surface area is 370 Å². The molecule has 2 amide bonds. The monoisotopic (exact) mass is 860 g/mol. The van der Waals surface area contributed by atoms with Crippen LogP contribution in [0.3, 0.4) is 0 Å². The van der Waals surface area contributed by atoms with Crippen molar-refractivity contribution in [2.45, 2.75) is 167 Å². The number of carboxylic acid groups (broad SMARTS) is 1. The number of nitrogens with one attached hydrogen (secondary N) is 1. The minimum Gasteiger partial charge on any atom is -0.480 e. The molecule has 0 spiro atoms. The quantitative estimate of drug-likeness (QED) is 0.0394. The molecule has 0 fully saturated rings. The molecule has 1 unspecified atom stereocenters. The number of rotatable bonds is 34. The maximum Gasteiger partial charge on any atom is 0.408 e. The molecule has 11 heteroatoms. The van der Waals surface area contributed by atoms with Crippen LogP contribution in [-0.4, -0.2) is 63.6 Å². The van der Waals surface area contributed by atoms with Crippen LogP contribution in [0.5, 0.6) is 0 Å². The van der Waals surface area contributed by atoms with E-state index in [-0.39, 0.29) is 44.8 Å². The van der Waals surface area contributed by atoms with Gasteiger partial charge >= 0.3 is 18.0 Å². The van der Waals surface area contributed by atoms with E-state index in [4.69, 9.17) is 15.2 Å². The van der Waals surface area contributed by atoms with Crippen LogP contribution in [0.2, 0.25) is 0 Å². The molecule has 3 aromatic carbocycles. The number of carbonyl (C=O) groups is 4. The lowest BCUT2D eigenvalue weighted by Gasteiger charge is -2.32. The van der Waals surface area contributed by atoms with E-state index in [1.54, 1.807) is 11.8 Å². The Bertz CT molecular complexity index is 1620. The number of amides is 2. The number of hydrogen-bond donors (Lipinski definition) is 3. The third-order valence-corrected chi connectivity index (χ3v) is 12.0. The average molecular weight is 860 g/mol. The summed E-state index contributed by atoms with van der Waals surface area (Å²) in [6.45, 7) is 2.40. The molecule has 0 saturated heterocycles. The fraction of sp³-hybridized carbons (Fsp3) is 0.560. The van der Waals surface area contributed by atoms with Gasteiger partial charge in [-0.15, -0.1) is 0 Å². The number of unbranched alkanes of at least 4 members (excludes halogenated alkanes) is 15. The van der Waals surface area contributed by atoms with Gasteiger partial charge in [-0.25, -0.2) is 9.59 Å². The van der Waals surface area contributed by atoms with E-state index < -0.39 is 42.1 Å². The number of benzene rings is 3. The van der Waals surface area contributed by atoms with Crippen molar-refractivity contribution in [3.05, 3.63) is 108 Å². The van der Waals surface area contributed by atoms with Crippen molar-refractivity contribution in [2.75, 3.05) is 11.5 Å². The summed E-state index contributed by atoms with van der Waals surface area (Å²) < 4.78 is 10.9. The van der Waals surface area contributed by atoms with Crippen molar-refractivity contribution in [1.29, 1.82) is 0 Å². The van der Waals surface area contributed by atoms with Crippen LogP contribution in [0.4, 0.5) is 4.79 Å².